The molecule has 2 aliphatic heterocycles. The molecule has 2 fully saturated rings. The molecule has 5 nitrogen and oxygen atoms in total. The summed E-state index contributed by atoms with van der Waals surface area (Å²) in [5.74, 6) is -0.881. The molecule has 0 spiro atoms. The maximum Gasteiger partial charge on any atom is 0.406 e. The van der Waals surface area contributed by atoms with Gasteiger partial charge in [-0.3, -0.25) is 14.5 Å². The van der Waals surface area contributed by atoms with Crippen molar-refractivity contribution in [3.8, 4) is 0 Å². The van der Waals surface area contributed by atoms with Crippen LogP contribution in [0.1, 0.15) is 24.8 Å². The Hall–Kier alpha value is -2.09. The lowest BCUT2D eigenvalue weighted by Gasteiger charge is -2.41. The SMILES string of the molecule is NC(=O)C1(c2ccccc2)CCN(C2CCN(CC(F)(F)F)C2=O)CC1. The second-order valence-corrected chi connectivity index (χ2v) is 7.03. The molecule has 1 atom stereocenters. The van der Waals surface area contributed by atoms with Crippen molar-refractivity contribution in [3.63, 3.8) is 0 Å². The summed E-state index contributed by atoms with van der Waals surface area (Å²) in [6, 6.07) is 8.75. The summed E-state index contributed by atoms with van der Waals surface area (Å²) < 4.78 is 37.7. The van der Waals surface area contributed by atoms with Crippen LogP contribution < -0.4 is 5.73 Å². The molecular formula is C18H22F3N3O2. The highest BCUT2D eigenvalue weighted by atomic mass is 19.4. The van der Waals surface area contributed by atoms with Crippen molar-refractivity contribution >= 4 is 11.8 Å². The van der Waals surface area contributed by atoms with E-state index in [1.54, 1.807) is 0 Å². The summed E-state index contributed by atoms with van der Waals surface area (Å²) in [5, 5.41) is 0. The number of rotatable bonds is 4. The van der Waals surface area contributed by atoms with Crippen molar-refractivity contribution in [1.82, 2.24) is 9.80 Å². The number of nitrogens with zero attached hydrogens (tertiary/aromatic N) is 2. The molecule has 1 aromatic carbocycles. The minimum Gasteiger partial charge on any atom is -0.369 e. The van der Waals surface area contributed by atoms with E-state index in [0.717, 1.165) is 10.5 Å². The molecule has 0 aliphatic carbocycles. The van der Waals surface area contributed by atoms with Crippen molar-refractivity contribution in [3.05, 3.63) is 35.9 Å². The van der Waals surface area contributed by atoms with Crippen LogP contribution in [0.25, 0.3) is 0 Å². The second-order valence-electron chi connectivity index (χ2n) is 7.03. The lowest BCUT2D eigenvalue weighted by Crippen LogP contribution is -2.54. The standard InChI is InChI=1S/C18H22F3N3O2/c19-18(20,21)12-24-9-6-14(15(24)25)23-10-7-17(8-11-23,16(22)26)13-4-2-1-3-5-13/h1-5,14H,6-12H2,(H2,22,26). The Morgan fingerprint density at radius 3 is 2.31 bits per heavy atom. The molecule has 0 saturated carbocycles. The molecule has 0 bridgehead atoms. The van der Waals surface area contributed by atoms with Crippen LogP contribution in [0.15, 0.2) is 30.3 Å². The largest absolute Gasteiger partial charge is 0.406 e. The van der Waals surface area contributed by atoms with Gasteiger partial charge in [0.2, 0.25) is 11.8 Å². The Bertz CT molecular complexity index is 670. The van der Waals surface area contributed by atoms with Crippen molar-refractivity contribution in [2.45, 2.75) is 36.9 Å². The lowest BCUT2D eigenvalue weighted by molar-refractivity contribution is -0.159. The number of alkyl halides is 3. The summed E-state index contributed by atoms with van der Waals surface area (Å²) >= 11 is 0. The molecular weight excluding hydrogens is 347 g/mol. The van der Waals surface area contributed by atoms with Crippen molar-refractivity contribution in [2.75, 3.05) is 26.2 Å². The first kappa shape index (κ1) is 18.7. The smallest absolute Gasteiger partial charge is 0.369 e. The topological polar surface area (TPSA) is 66.6 Å². The second kappa shape index (κ2) is 6.90. The third-order valence-corrected chi connectivity index (χ3v) is 5.53. The maximum absolute atomic E-state index is 12.6. The zero-order chi connectivity index (χ0) is 18.9. The van der Waals surface area contributed by atoms with Gasteiger partial charge in [0.25, 0.3) is 0 Å². The van der Waals surface area contributed by atoms with E-state index in [1.807, 2.05) is 35.2 Å². The average Bonchev–Trinajstić information content (AvgIpc) is 2.94. The first-order chi connectivity index (χ1) is 12.2. The number of piperidine rings is 1. The first-order valence-electron chi connectivity index (χ1n) is 8.68. The van der Waals surface area contributed by atoms with Crippen LogP contribution in [0, 0.1) is 0 Å². The number of carbonyl (C=O) groups excluding carboxylic acids is 2. The van der Waals surface area contributed by atoms with E-state index >= 15 is 0 Å². The van der Waals surface area contributed by atoms with Crippen LogP contribution in [0.2, 0.25) is 0 Å². The normalized spacial score (nSPS) is 24.0. The van der Waals surface area contributed by atoms with Crippen LogP contribution in [0.5, 0.6) is 0 Å². The Kier molecular flexibility index (Phi) is 4.96. The lowest BCUT2D eigenvalue weighted by atomic mass is 9.72. The minimum absolute atomic E-state index is 0.110. The van der Waals surface area contributed by atoms with Gasteiger partial charge in [0.1, 0.15) is 6.54 Å². The summed E-state index contributed by atoms with van der Waals surface area (Å²) in [7, 11) is 0. The fourth-order valence-electron chi connectivity index (χ4n) is 4.09. The molecule has 2 aliphatic rings. The predicted molar refractivity (Wildman–Crippen MR) is 89.2 cm³/mol. The third-order valence-electron chi connectivity index (χ3n) is 5.53. The number of likely N-dealkylation sites (tertiary alicyclic amines) is 2. The van der Waals surface area contributed by atoms with Crippen molar-refractivity contribution in [1.29, 1.82) is 0 Å². The molecule has 2 amide bonds. The molecule has 8 heteroatoms. The average molecular weight is 369 g/mol. The fourth-order valence-corrected chi connectivity index (χ4v) is 4.09. The van der Waals surface area contributed by atoms with Crippen molar-refractivity contribution < 1.29 is 22.8 Å². The van der Waals surface area contributed by atoms with Gasteiger partial charge in [-0.25, -0.2) is 0 Å². The van der Waals surface area contributed by atoms with E-state index in [-0.39, 0.29) is 6.54 Å². The van der Waals surface area contributed by atoms with E-state index in [1.165, 1.54) is 0 Å². The molecule has 1 aromatic rings. The molecule has 2 N–H and O–H groups in total. The van der Waals surface area contributed by atoms with Gasteiger partial charge < -0.3 is 10.6 Å². The van der Waals surface area contributed by atoms with Crippen LogP contribution >= 0.6 is 0 Å². The molecule has 0 aromatic heterocycles. The minimum atomic E-state index is -4.39. The van der Waals surface area contributed by atoms with Gasteiger partial charge in [-0.2, -0.15) is 13.2 Å². The Labute approximate surface area is 149 Å². The first-order valence-corrected chi connectivity index (χ1v) is 8.68. The Morgan fingerprint density at radius 2 is 1.77 bits per heavy atom. The Morgan fingerprint density at radius 1 is 1.15 bits per heavy atom. The summed E-state index contributed by atoms with van der Waals surface area (Å²) in [4.78, 5) is 27.3. The van der Waals surface area contributed by atoms with Gasteiger partial charge in [0, 0.05) is 19.6 Å². The van der Waals surface area contributed by atoms with Gasteiger partial charge in [-0.15, -0.1) is 0 Å². The summed E-state index contributed by atoms with van der Waals surface area (Å²) in [5.41, 5.74) is 5.76. The van der Waals surface area contributed by atoms with Gasteiger partial charge in [-0.1, -0.05) is 30.3 Å². The predicted octanol–water partition coefficient (Wildman–Crippen LogP) is 1.67. The molecule has 2 heterocycles. The third kappa shape index (κ3) is 3.56. The van der Waals surface area contributed by atoms with E-state index in [2.05, 4.69) is 0 Å². The fraction of sp³-hybridized carbons (Fsp3) is 0.556. The van der Waals surface area contributed by atoms with E-state index in [9.17, 15) is 22.8 Å². The van der Waals surface area contributed by atoms with Gasteiger partial charge in [0.15, 0.2) is 0 Å². The quantitative estimate of drug-likeness (QED) is 0.878. The summed E-state index contributed by atoms with van der Waals surface area (Å²) in [6.07, 6.45) is -3.10. The number of hydrogen-bond acceptors (Lipinski definition) is 3. The zero-order valence-electron chi connectivity index (χ0n) is 14.3. The highest BCUT2D eigenvalue weighted by Crippen LogP contribution is 2.37. The number of primary amides is 1. The summed E-state index contributed by atoms with van der Waals surface area (Å²) in [6.45, 7) is -0.188. The van der Waals surface area contributed by atoms with E-state index < -0.39 is 36.0 Å². The molecule has 26 heavy (non-hydrogen) atoms. The molecule has 0 radical (unpaired) electrons. The van der Waals surface area contributed by atoms with E-state index in [0.29, 0.717) is 32.4 Å². The van der Waals surface area contributed by atoms with Gasteiger partial charge >= 0.3 is 6.18 Å². The van der Waals surface area contributed by atoms with Crippen LogP contribution in [0.4, 0.5) is 13.2 Å². The highest BCUT2D eigenvalue weighted by Gasteiger charge is 2.46. The number of carbonyl (C=O) groups is 2. The van der Waals surface area contributed by atoms with Crippen LogP contribution in [-0.2, 0) is 15.0 Å². The van der Waals surface area contributed by atoms with Crippen molar-refractivity contribution in [2.24, 2.45) is 5.73 Å². The number of benzene rings is 1. The van der Waals surface area contributed by atoms with Crippen LogP contribution in [0.3, 0.4) is 0 Å². The van der Waals surface area contributed by atoms with Gasteiger partial charge in [0.05, 0.1) is 11.5 Å². The monoisotopic (exact) mass is 369 g/mol. The van der Waals surface area contributed by atoms with Crippen LogP contribution in [-0.4, -0.2) is 60.0 Å². The number of nitrogens with two attached hydrogens (primary N) is 1. The van der Waals surface area contributed by atoms with Gasteiger partial charge in [-0.05, 0) is 24.8 Å². The maximum atomic E-state index is 12.6. The zero-order valence-corrected chi connectivity index (χ0v) is 14.3. The Balaban J connectivity index is 1.68. The van der Waals surface area contributed by atoms with E-state index in [4.69, 9.17) is 5.73 Å². The number of halogens is 3. The molecule has 3 rings (SSSR count). The number of hydrogen-bond donors (Lipinski definition) is 1. The number of amides is 2. The molecule has 1 unspecified atom stereocenters. The molecule has 2 saturated heterocycles. The highest BCUT2D eigenvalue weighted by molar-refractivity contribution is 5.87. The molecule has 142 valence electrons.